The highest BCUT2D eigenvalue weighted by Crippen LogP contribution is 2.30. The second-order valence-corrected chi connectivity index (χ2v) is 6.91. The van der Waals surface area contributed by atoms with Crippen LogP contribution in [0, 0.1) is 0 Å². The van der Waals surface area contributed by atoms with Crippen molar-refractivity contribution < 1.29 is 14.3 Å². The van der Waals surface area contributed by atoms with Gasteiger partial charge in [-0.25, -0.2) is 4.98 Å². The number of likely N-dealkylation sites (tertiary alicyclic amines) is 1. The number of ether oxygens (including phenoxy) is 2. The van der Waals surface area contributed by atoms with Crippen LogP contribution in [0.4, 0.5) is 0 Å². The monoisotopic (exact) mass is 360 g/mol. The number of benzene rings is 1. The lowest BCUT2D eigenvalue weighted by Gasteiger charge is -2.35. The van der Waals surface area contributed by atoms with Crippen LogP contribution < -0.4 is 9.47 Å². The molecule has 5 nitrogen and oxygen atoms in total. The highest BCUT2D eigenvalue weighted by molar-refractivity contribution is 7.07. The van der Waals surface area contributed by atoms with Gasteiger partial charge in [-0.05, 0) is 43.9 Å². The Morgan fingerprint density at radius 2 is 2.24 bits per heavy atom. The summed E-state index contributed by atoms with van der Waals surface area (Å²) in [6.45, 7) is 3.37. The van der Waals surface area contributed by atoms with E-state index in [2.05, 4.69) is 11.9 Å². The molecule has 1 aliphatic rings. The van der Waals surface area contributed by atoms with E-state index < -0.39 is 0 Å². The van der Waals surface area contributed by atoms with Crippen LogP contribution in [0.15, 0.2) is 29.1 Å². The molecule has 0 bridgehead atoms. The van der Waals surface area contributed by atoms with E-state index in [1.165, 1.54) is 17.8 Å². The SMILES string of the molecule is CCC1CCCCN1C(=O)c1ccc(OCc2cscn2)c(OC)c1. The molecule has 0 spiro atoms. The van der Waals surface area contributed by atoms with Gasteiger partial charge in [-0.2, -0.15) is 0 Å². The first kappa shape index (κ1) is 17.7. The van der Waals surface area contributed by atoms with Crippen molar-refractivity contribution in [1.82, 2.24) is 9.88 Å². The van der Waals surface area contributed by atoms with Crippen molar-refractivity contribution >= 4 is 17.2 Å². The van der Waals surface area contributed by atoms with Crippen molar-refractivity contribution in [2.45, 2.75) is 45.3 Å². The zero-order chi connectivity index (χ0) is 17.6. The molecule has 134 valence electrons. The maximum absolute atomic E-state index is 12.9. The van der Waals surface area contributed by atoms with E-state index in [1.54, 1.807) is 18.7 Å². The van der Waals surface area contributed by atoms with Gasteiger partial charge in [0.15, 0.2) is 11.5 Å². The molecule has 1 saturated heterocycles. The van der Waals surface area contributed by atoms with Crippen LogP contribution in [0.5, 0.6) is 11.5 Å². The van der Waals surface area contributed by atoms with Crippen LogP contribution in [0.25, 0.3) is 0 Å². The fraction of sp³-hybridized carbons (Fsp3) is 0.474. The summed E-state index contributed by atoms with van der Waals surface area (Å²) >= 11 is 1.54. The molecule has 1 aromatic carbocycles. The van der Waals surface area contributed by atoms with E-state index in [9.17, 15) is 4.79 Å². The zero-order valence-corrected chi connectivity index (χ0v) is 15.6. The van der Waals surface area contributed by atoms with E-state index in [1.807, 2.05) is 22.4 Å². The largest absolute Gasteiger partial charge is 0.493 e. The van der Waals surface area contributed by atoms with Crippen LogP contribution >= 0.6 is 11.3 Å². The lowest BCUT2D eigenvalue weighted by Crippen LogP contribution is -2.43. The predicted octanol–water partition coefficient (Wildman–Crippen LogP) is 4.14. The molecule has 1 fully saturated rings. The molecule has 0 aliphatic carbocycles. The Labute approximate surface area is 152 Å². The van der Waals surface area contributed by atoms with Gasteiger partial charge in [0.25, 0.3) is 5.91 Å². The average molecular weight is 360 g/mol. The van der Waals surface area contributed by atoms with E-state index in [4.69, 9.17) is 9.47 Å². The molecule has 0 N–H and O–H groups in total. The average Bonchev–Trinajstić information content (AvgIpc) is 3.19. The molecule has 2 heterocycles. The number of hydrogen-bond donors (Lipinski definition) is 0. The van der Waals surface area contributed by atoms with Crippen molar-refractivity contribution in [3.05, 3.63) is 40.3 Å². The fourth-order valence-corrected chi connectivity index (χ4v) is 3.78. The molecule has 1 amide bonds. The highest BCUT2D eigenvalue weighted by Gasteiger charge is 2.26. The molecule has 1 aliphatic heterocycles. The normalized spacial score (nSPS) is 17.4. The summed E-state index contributed by atoms with van der Waals surface area (Å²) in [7, 11) is 1.59. The van der Waals surface area contributed by atoms with Crippen LogP contribution in [-0.2, 0) is 6.61 Å². The summed E-state index contributed by atoms with van der Waals surface area (Å²) in [5, 5.41) is 1.95. The molecule has 1 unspecified atom stereocenters. The van der Waals surface area contributed by atoms with Crippen molar-refractivity contribution in [2.75, 3.05) is 13.7 Å². The maximum Gasteiger partial charge on any atom is 0.254 e. The Morgan fingerprint density at radius 1 is 1.36 bits per heavy atom. The number of amides is 1. The van der Waals surface area contributed by atoms with Gasteiger partial charge in [0.05, 0.1) is 18.3 Å². The van der Waals surface area contributed by atoms with Gasteiger partial charge in [-0.3, -0.25) is 4.79 Å². The number of rotatable bonds is 6. The molecule has 1 aromatic heterocycles. The summed E-state index contributed by atoms with van der Waals surface area (Å²) in [6.07, 6.45) is 4.37. The topological polar surface area (TPSA) is 51.7 Å². The Hall–Kier alpha value is -2.08. The van der Waals surface area contributed by atoms with Gasteiger partial charge in [-0.15, -0.1) is 11.3 Å². The smallest absolute Gasteiger partial charge is 0.254 e. The minimum Gasteiger partial charge on any atom is -0.493 e. The first-order chi connectivity index (χ1) is 12.2. The lowest BCUT2D eigenvalue weighted by molar-refractivity contribution is 0.0607. The van der Waals surface area contributed by atoms with E-state index in [0.717, 1.165) is 31.5 Å². The van der Waals surface area contributed by atoms with Gasteiger partial charge in [-0.1, -0.05) is 6.92 Å². The van der Waals surface area contributed by atoms with Crippen LogP contribution in [-0.4, -0.2) is 35.5 Å². The second-order valence-electron chi connectivity index (χ2n) is 6.19. The molecule has 0 radical (unpaired) electrons. The van der Waals surface area contributed by atoms with Crippen molar-refractivity contribution in [3.63, 3.8) is 0 Å². The quantitative estimate of drug-likeness (QED) is 0.777. The van der Waals surface area contributed by atoms with E-state index in [0.29, 0.717) is 29.7 Å². The zero-order valence-electron chi connectivity index (χ0n) is 14.7. The highest BCUT2D eigenvalue weighted by atomic mass is 32.1. The minimum absolute atomic E-state index is 0.0795. The Kier molecular flexibility index (Phi) is 5.91. The number of methoxy groups -OCH3 is 1. The molecular weight excluding hydrogens is 336 g/mol. The third kappa shape index (κ3) is 4.12. The molecule has 25 heavy (non-hydrogen) atoms. The number of nitrogens with zero attached hydrogens (tertiary/aromatic N) is 2. The minimum atomic E-state index is 0.0795. The maximum atomic E-state index is 12.9. The number of piperidine rings is 1. The summed E-state index contributed by atoms with van der Waals surface area (Å²) in [5.41, 5.74) is 3.31. The number of hydrogen-bond acceptors (Lipinski definition) is 5. The summed E-state index contributed by atoms with van der Waals surface area (Å²) in [4.78, 5) is 19.1. The number of aromatic nitrogens is 1. The van der Waals surface area contributed by atoms with Crippen LogP contribution in [0.3, 0.4) is 0 Å². The Balaban J connectivity index is 1.74. The summed E-state index contributed by atoms with van der Waals surface area (Å²) in [6, 6.07) is 5.75. The van der Waals surface area contributed by atoms with E-state index >= 15 is 0 Å². The summed E-state index contributed by atoms with van der Waals surface area (Å²) in [5.74, 6) is 1.28. The van der Waals surface area contributed by atoms with Crippen molar-refractivity contribution in [3.8, 4) is 11.5 Å². The molecule has 3 rings (SSSR count). The van der Waals surface area contributed by atoms with Gasteiger partial charge in [0.1, 0.15) is 6.61 Å². The third-order valence-corrected chi connectivity index (χ3v) is 5.26. The van der Waals surface area contributed by atoms with Crippen molar-refractivity contribution in [1.29, 1.82) is 0 Å². The van der Waals surface area contributed by atoms with Gasteiger partial charge < -0.3 is 14.4 Å². The fourth-order valence-electron chi connectivity index (χ4n) is 3.24. The molecule has 0 saturated carbocycles. The Morgan fingerprint density at radius 3 is 2.96 bits per heavy atom. The predicted molar refractivity (Wildman–Crippen MR) is 98.4 cm³/mol. The summed E-state index contributed by atoms with van der Waals surface area (Å²) < 4.78 is 11.2. The third-order valence-electron chi connectivity index (χ3n) is 4.63. The lowest BCUT2D eigenvalue weighted by atomic mass is 9.99. The first-order valence-electron chi connectivity index (χ1n) is 8.71. The standard InChI is InChI=1S/C19H24N2O3S/c1-3-16-6-4-5-9-21(16)19(22)14-7-8-17(18(10-14)23-2)24-11-15-12-25-13-20-15/h7-8,10,12-13,16H,3-6,9,11H2,1-2H3. The van der Waals surface area contributed by atoms with Gasteiger partial charge in [0, 0.05) is 23.5 Å². The Bertz CT molecular complexity index is 703. The van der Waals surface area contributed by atoms with Crippen molar-refractivity contribution in [2.24, 2.45) is 0 Å². The van der Waals surface area contributed by atoms with Crippen LogP contribution in [0.1, 0.15) is 48.7 Å². The second kappa shape index (κ2) is 8.34. The number of carbonyl (C=O) groups is 1. The van der Waals surface area contributed by atoms with Gasteiger partial charge in [0.2, 0.25) is 0 Å². The van der Waals surface area contributed by atoms with Gasteiger partial charge >= 0.3 is 0 Å². The molecule has 1 atom stereocenters. The molecular formula is C19H24N2O3S. The van der Waals surface area contributed by atoms with Crippen LogP contribution in [0.2, 0.25) is 0 Å². The number of thiazole rings is 1. The molecule has 2 aromatic rings. The first-order valence-corrected chi connectivity index (χ1v) is 9.66. The number of carbonyl (C=O) groups excluding carboxylic acids is 1. The van der Waals surface area contributed by atoms with E-state index in [-0.39, 0.29) is 5.91 Å². The molecule has 6 heteroatoms.